The summed E-state index contributed by atoms with van der Waals surface area (Å²) >= 11 is 0. The number of rotatable bonds is 10. The van der Waals surface area contributed by atoms with Crippen molar-refractivity contribution in [2.24, 2.45) is 0 Å². The Kier molecular flexibility index (Phi) is 6.64. The lowest BCUT2D eigenvalue weighted by Crippen LogP contribution is -2.52. The molecular formula is C19H25F2NO3. The van der Waals surface area contributed by atoms with E-state index in [0.29, 0.717) is 11.3 Å². The van der Waals surface area contributed by atoms with E-state index in [0.717, 1.165) is 32.1 Å². The van der Waals surface area contributed by atoms with Crippen LogP contribution in [0.15, 0.2) is 24.3 Å². The first-order chi connectivity index (χ1) is 11.9. The number of hydrogen-bond acceptors (Lipinski definition) is 3. The van der Waals surface area contributed by atoms with Crippen molar-refractivity contribution in [2.45, 2.75) is 63.8 Å². The molecule has 0 bridgehead atoms. The fraction of sp³-hybridized carbons (Fsp3) is 0.579. The van der Waals surface area contributed by atoms with E-state index in [1.165, 1.54) is 12.1 Å². The number of halogens is 2. The Morgan fingerprint density at radius 3 is 2.04 bits per heavy atom. The molecule has 1 N–H and O–H groups in total. The zero-order valence-electron chi connectivity index (χ0n) is 14.5. The first-order valence-electron chi connectivity index (χ1n) is 8.89. The van der Waals surface area contributed by atoms with E-state index in [2.05, 4.69) is 6.92 Å². The number of aliphatic hydroxyl groups is 1. The molecule has 1 unspecified atom stereocenters. The fourth-order valence-electron chi connectivity index (χ4n) is 3.24. The lowest BCUT2D eigenvalue weighted by Gasteiger charge is -2.32. The van der Waals surface area contributed by atoms with E-state index in [9.17, 15) is 18.4 Å². The van der Waals surface area contributed by atoms with Crippen LogP contribution in [0.4, 0.5) is 8.78 Å². The average Bonchev–Trinajstić information content (AvgIpc) is 2.86. The molecule has 0 fully saturated rings. The van der Waals surface area contributed by atoms with Crippen molar-refractivity contribution in [3.63, 3.8) is 0 Å². The van der Waals surface area contributed by atoms with Gasteiger partial charge in [-0.05, 0) is 18.6 Å². The van der Waals surface area contributed by atoms with Crippen LogP contribution in [0, 0.1) is 0 Å². The molecule has 0 aliphatic carbocycles. The molecule has 1 aromatic carbocycles. The highest BCUT2D eigenvalue weighted by Crippen LogP contribution is 2.33. The number of hydrogen-bond donors (Lipinski definition) is 1. The van der Waals surface area contributed by atoms with Crippen LogP contribution in [0.25, 0.3) is 0 Å². The summed E-state index contributed by atoms with van der Waals surface area (Å²) < 4.78 is 28.5. The van der Waals surface area contributed by atoms with Gasteiger partial charge in [-0.3, -0.25) is 14.5 Å². The van der Waals surface area contributed by atoms with Crippen molar-refractivity contribution >= 4 is 11.8 Å². The van der Waals surface area contributed by atoms with Crippen molar-refractivity contribution in [1.29, 1.82) is 0 Å². The Balaban J connectivity index is 2.12. The molecule has 2 amide bonds. The number of nitrogens with zero attached hydrogens (tertiary/aromatic N) is 1. The molecule has 2 rings (SSSR count). The molecule has 6 heteroatoms. The Hall–Kier alpha value is -1.82. The summed E-state index contributed by atoms with van der Waals surface area (Å²) in [6.45, 7) is 0.709. The number of unbranched alkanes of at least 4 members (excludes halogenated alkanes) is 5. The van der Waals surface area contributed by atoms with Crippen molar-refractivity contribution in [1.82, 2.24) is 4.90 Å². The summed E-state index contributed by atoms with van der Waals surface area (Å²) in [7, 11) is 0. The van der Waals surface area contributed by atoms with Crippen LogP contribution in [-0.2, 0) is 0 Å². The number of aliphatic hydroxyl groups excluding tert-OH is 1. The molecular weight excluding hydrogens is 328 g/mol. The van der Waals surface area contributed by atoms with E-state index in [-0.39, 0.29) is 17.5 Å². The lowest BCUT2D eigenvalue weighted by atomic mass is 10.00. The quantitative estimate of drug-likeness (QED) is 0.510. The molecule has 1 aliphatic heterocycles. The highest BCUT2D eigenvalue weighted by molar-refractivity contribution is 6.21. The molecule has 0 saturated carbocycles. The van der Waals surface area contributed by atoms with Gasteiger partial charge in [0.25, 0.3) is 17.7 Å². The molecule has 1 aliphatic rings. The minimum Gasteiger partial charge on any atom is -0.390 e. The molecule has 0 spiro atoms. The van der Waals surface area contributed by atoms with Gasteiger partial charge in [0, 0.05) is 0 Å². The summed E-state index contributed by atoms with van der Waals surface area (Å²) in [4.78, 5) is 25.6. The Morgan fingerprint density at radius 2 is 1.52 bits per heavy atom. The zero-order chi connectivity index (χ0) is 18.4. The summed E-state index contributed by atoms with van der Waals surface area (Å²) in [5.74, 6) is -4.93. The standard InChI is InChI=1S/C19H25F2NO3/c1-2-3-4-5-6-7-12-16(19(20,21)13-23)22-17(24)14-10-8-9-11-15(14)18(22)25/h8-11,16,23H,2-7,12-13H2,1H3. The maximum absolute atomic E-state index is 14.3. The number of imide groups is 1. The van der Waals surface area contributed by atoms with Crippen molar-refractivity contribution in [2.75, 3.05) is 6.61 Å². The second-order valence-electron chi connectivity index (χ2n) is 6.52. The van der Waals surface area contributed by atoms with E-state index in [4.69, 9.17) is 5.11 Å². The molecule has 1 heterocycles. The van der Waals surface area contributed by atoms with Crippen LogP contribution >= 0.6 is 0 Å². The molecule has 0 aromatic heterocycles. The molecule has 1 aromatic rings. The average molecular weight is 353 g/mol. The van der Waals surface area contributed by atoms with Gasteiger partial charge in [-0.1, -0.05) is 57.6 Å². The van der Waals surface area contributed by atoms with E-state index in [1.54, 1.807) is 12.1 Å². The fourth-order valence-corrected chi connectivity index (χ4v) is 3.24. The van der Waals surface area contributed by atoms with Crippen LogP contribution in [0.3, 0.4) is 0 Å². The van der Waals surface area contributed by atoms with E-state index >= 15 is 0 Å². The van der Waals surface area contributed by atoms with E-state index < -0.39 is 30.4 Å². The number of amides is 2. The number of benzene rings is 1. The Labute approximate surface area is 146 Å². The summed E-state index contributed by atoms with van der Waals surface area (Å²) in [5, 5.41) is 9.09. The maximum atomic E-state index is 14.3. The molecule has 1 atom stereocenters. The maximum Gasteiger partial charge on any atom is 0.291 e. The monoisotopic (exact) mass is 353 g/mol. The van der Waals surface area contributed by atoms with Crippen LogP contribution < -0.4 is 0 Å². The van der Waals surface area contributed by atoms with Crippen molar-refractivity contribution < 1.29 is 23.5 Å². The van der Waals surface area contributed by atoms with Crippen LogP contribution in [0.1, 0.15) is 72.6 Å². The van der Waals surface area contributed by atoms with Gasteiger partial charge < -0.3 is 5.11 Å². The summed E-state index contributed by atoms with van der Waals surface area (Å²) in [6, 6.07) is 4.51. The van der Waals surface area contributed by atoms with Gasteiger partial charge >= 0.3 is 0 Å². The molecule has 138 valence electrons. The van der Waals surface area contributed by atoms with Crippen molar-refractivity contribution in [3.8, 4) is 0 Å². The molecule has 25 heavy (non-hydrogen) atoms. The predicted molar refractivity (Wildman–Crippen MR) is 90.8 cm³/mol. The third kappa shape index (κ3) is 4.24. The minimum atomic E-state index is -3.52. The minimum absolute atomic E-state index is 0.00878. The zero-order valence-corrected chi connectivity index (χ0v) is 14.5. The highest BCUT2D eigenvalue weighted by Gasteiger charge is 2.50. The van der Waals surface area contributed by atoms with Gasteiger partial charge in [-0.2, -0.15) is 0 Å². The summed E-state index contributed by atoms with van der Waals surface area (Å²) in [6.07, 6.45) is 5.43. The van der Waals surface area contributed by atoms with Gasteiger partial charge in [0.2, 0.25) is 0 Å². The number of carbonyl (C=O) groups is 2. The second-order valence-corrected chi connectivity index (χ2v) is 6.52. The molecule has 0 radical (unpaired) electrons. The largest absolute Gasteiger partial charge is 0.390 e. The van der Waals surface area contributed by atoms with Crippen LogP contribution in [0.5, 0.6) is 0 Å². The lowest BCUT2D eigenvalue weighted by molar-refractivity contribution is -0.101. The third-order valence-corrected chi connectivity index (χ3v) is 4.67. The number of fused-ring (bicyclic) bond motifs is 1. The van der Waals surface area contributed by atoms with Gasteiger partial charge in [-0.25, -0.2) is 8.78 Å². The van der Waals surface area contributed by atoms with Crippen LogP contribution in [-0.4, -0.2) is 40.4 Å². The molecule has 4 nitrogen and oxygen atoms in total. The second kappa shape index (κ2) is 8.52. The Morgan fingerprint density at radius 1 is 1.00 bits per heavy atom. The van der Waals surface area contributed by atoms with Crippen molar-refractivity contribution in [3.05, 3.63) is 35.4 Å². The first kappa shape index (κ1) is 19.5. The van der Waals surface area contributed by atoms with Gasteiger partial charge in [0.1, 0.15) is 12.6 Å². The van der Waals surface area contributed by atoms with Crippen LogP contribution in [0.2, 0.25) is 0 Å². The molecule has 0 saturated heterocycles. The SMILES string of the molecule is CCCCCCCCC(N1C(=O)c2ccccc2C1=O)C(F)(F)CO. The third-order valence-electron chi connectivity index (χ3n) is 4.67. The normalized spacial score (nSPS) is 15.6. The van der Waals surface area contributed by atoms with Gasteiger partial charge in [0.15, 0.2) is 0 Å². The summed E-state index contributed by atoms with van der Waals surface area (Å²) in [5.41, 5.74) is 0.295. The highest BCUT2D eigenvalue weighted by atomic mass is 19.3. The Bertz CT molecular complexity index is 583. The van der Waals surface area contributed by atoms with Gasteiger partial charge in [0.05, 0.1) is 11.1 Å². The smallest absolute Gasteiger partial charge is 0.291 e. The number of alkyl halides is 2. The first-order valence-corrected chi connectivity index (χ1v) is 8.89. The van der Waals surface area contributed by atoms with Gasteiger partial charge in [-0.15, -0.1) is 0 Å². The van der Waals surface area contributed by atoms with E-state index in [1.807, 2.05) is 0 Å². The predicted octanol–water partition coefficient (Wildman–Crippen LogP) is 4.03. The topological polar surface area (TPSA) is 57.6 Å². The number of carbonyl (C=O) groups excluding carboxylic acids is 2.